The number of aryl methyl sites for hydroxylation is 2. The second kappa shape index (κ2) is 7.48. The van der Waals surface area contributed by atoms with Crippen molar-refractivity contribution in [2.45, 2.75) is 57.9 Å². The summed E-state index contributed by atoms with van der Waals surface area (Å²) >= 11 is 1.73. The SMILES string of the molecule is Cc1csc(CCCN=C(N)NC2CCCCC2)n1. The van der Waals surface area contributed by atoms with Gasteiger partial charge in [0.2, 0.25) is 0 Å². The summed E-state index contributed by atoms with van der Waals surface area (Å²) in [4.78, 5) is 8.84. The van der Waals surface area contributed by atoms with Gasteiger partial charge in [-0.15, -0.1) is 11.3 Å². The lowest BCUT2D eigenvalue weighted by molar-refractivity contribution is 0.412. The smallest absolute Gasteiger partial charge is 0.188 e. The maximum atomic E-state index is 5.91. The van der Waals surface area contributed by atoms with Crippen molar-refractivity contribution in [3.63, 3.8) is 0 Å². The van der Waals surface area contributed by atoms with E-state index in [1.54, 1.807) is 11.3 Å². The van der Waals surface area contributed by atoms with Gasteiger partial charge in [-0.05, 0) is 26.2 Å². The fourth-order valence-electron chi connectivity index (χ4n) is 2.45. The Morgan fingerprint density at radius 2 is 2.26 bits per heavy atom. The molecule has 0 unspecified atom stereocenters. The number of rotatable bonds is 5. The topological polar surface area (TPSA) is 63.3 Å². The molecule has 19 heavy (non-hydrogen) atoms. The average molecular weight is 280 g/mol. The molecule has 5 heteroatoms. The maximum absolute atomic E-state index is 5.91. The first-order valence-electron chi connectivity index (χ1n) is 7.21. The molecule has 1 aliphatic carbocycles. The molecule has 1 aromatic rings. The summed E-state index contributed by atoms with van der Waals surface area (Å²) in [7, 11) is 0. The van der Waals surface area contributed by atoms with Crippen LogP contribution in [0.15, 0.2) is 10.4 Å². The quantitative estimate of drug-likeness (QED) is 0.495. The van der Waals surface area contributed by atoms with Crippen LogP contribution in [0.1, 0.15) is 49.2 Å². The lowest BCUT2D eigenvalue weighted by atomic mass is 9.96. The third kappa shape index (κ3) is 5.19. The number of hydrogen-bond acceptors (Lipinski definition) is 3. The summed E-state index contributed by atoms with van der Waals surface area (Å²) in [6.45, 7) is 2.81. The normalized spacial score (nSPS) is 17.6. The molecule has 0 aliphatic heterocycles. The van der Waals surface area contributed by atoms with Crippen molar-refractivity contribution in [1.82, 2.24) is 10.3 Å². The summed E-state index contributed by atoms with van der Waals surface area (Å²) in [5.41, 5.74) is 7.03. The number of nitrogens with one attached hydrogen (secondary N) is 1. The summed E-state index contributed by atoms with van der Waals surface area (Å²) in [6.07, 6.45) is 8.47. The molecule has 3 N–H and O–H groups in total. The Balaban J connectivity index is 1.63. The summed E-state index contributed by atoms with van der Waals surface area (Å²) in [5, 5.41) is 6.63. The Labute approximate surface area is 119 Å². The van der Waals surface area contributed by atoms with Gasteiger partial charge in [-0.3, -0.25) is 4.99 Å². The Kier molecular flexibility index (Phi) is 5.63. The van der Waals surface area contributed by atoms with Crippen molar-refractivity contribution >= 4 is 17.3 Å². The maximum Gasteiger partial charge on any atom is 0.188 e. The minimum Gasteiger partial charge on any atom is -0.370 e. The van der Waals surface area contributed by atoms with Gasteiger partial charge < -0.3 is 11.1 Å². The van der Waals surface area contributed by atoms with Crippen molar-refractivity contribution in [1.29, 1.82) is 0 Å². The number of guanidine groups is 1. The number of aromatic nitrogens is 1. The zero-order valence-electron chi connectivity index (χ0n) is 11.7. The third-order valence-corrected chi connectivity index (χ3v) is 4.48. The van der Waals surface area contributed by atoms with Gasteiger partial charge in [0, 0.05) is 30.1 Å². The highest BCUT2D eigenvalue weighted by Gasteiger charge is 2.13. The van der Waals surface area contributed by atoms with Crippen LogP contribution in [0.25, 0.3) is 0 Å². The van der Waals surface area contributed by atoms with Crippen LogP contribution in [0.3, 0.4) is 0 Å². The van der Waals surface area contributed by atoms with Gasteiger partial charge in [0.25, 0.3) is 0 Å². The molecule has 2 rings (SSSR count). The Bertz CT molecular complexity index is 407. The zero-order chi connectivity index (χ0) is 13.5. The number of nitrogens with zero attached hydrogens (tertiary/aromatic N) is 2. The van der Waals surface area contributed by atoms with Crippen LogP contribution in [0, 0.1) is 6.92 Å². The van der Waals surface area contributed by atoms with Crippen molar-refractivity contribution in [3.05, 3.63) is 16.1 Å². The molecular weight excluding hydrogens is 256 g/mol. The van der Waals surface area contributed by atoms with Crippen LogP contribution in [0.4, 0.5) is 0 Å². The van der Waals surface area contributed by atoms with E-state index in [1.807, 2.05) is 6.92 Å². The molecule has 0 radical (unpaired) electrons. The molecule has 4 nitrogen and oxygen atoms in total. The summed E-state index contributed by atoms with van der Waals surface area (Å²) in [5.74, 6) is 0.613. The highest BCUT2D eigenvalue weighted by atomic mass is 32.1. The van der Waals surface area contributed by atoms with Crippen LogP contribution in [-0.4, -0.2) is 23.5 Å². The van der Waals surface area contributed by atoms with E-state index in [0.717, 1.165) is 25.1 Å². The second-order valence-electron chi connectivity index (χ2n) is 5.23. The molecule has 0 atom stereocenters. The van der Waals surface area contributed by atoms with E-state index in [2.05, 4.69) is 20.7 Å². The van der Waals surface area contributed by atoms with Gasteiger partial charge in [-0.2, -0.15) is 0 Å². The molecule has 0 spiro atoms. The Morgan fingerprint density at radius 1 is 1.47 bits per heavy atom. The Hall–Kier alpha value is -1.10. The van der Waals surface area contributed by atoms with Crippen LogP contribution >= 0.6 is 11.3 Å². The molecule has 0 bridgehead atoms. The standard InChI is InChI=1S/C14H24N4S/c1-11-10-19-13(17-11)8-5-9-16-14(15)18-12-6-3-2-4-7-12/h10,12H,2-9H2,1H3,(H3,15,16,18). The van der Waals surface area contributed by atoms with E-state index >= 15 is 0 Å². The summed E-state index contributed by atoms with van der Waals surface area (Å²) < 4.78 is 0. The fraction of sp³-hybridized carbons (Fsp3) is 0.714. The average Bonchev–Trinajstić information content (AvgIpc) is 2.82. The molecule has 1 fully saturated rings. The van der Waals surface area contributed by atoms with Crippen LogP contribution in [-0.2, 0) is 6.42 Å². The molecule has 1 saturated carbocycles. The second-order valence-corrected chi connectivity index (χ2v) is 6.18. The monoisotopic (exact) mass is 280 g/mol. The molecule has 0 saturated heterocycles. The zero-order valence-corrected chi connectivity index (χ0v) is 12.5. The number of nitrogens with two attached hydrogens (primary N) is 1. The molecule has 106 valence electrons. The lowest BCUT2D eigenvalue weighted by Gasteiger charge is -2.23. The first kappa shape index (κ1) is 14.3. The van der Waals surface area contributed by atoms with Crippen LogP contribution in [0.2, 0.25) is 0 Å². The number of hydrogen-bond donors (Lipinski definition) is 2. The van der Waals surface area contributed by atoms with E-state index in [1.165, 1.54) is 37.1 Å². The van der Waals surface area contributed by atoms with Crippen LogP contribution < -0.4 is 11.1 Å². The largest absolute Gasteiger partial charge is 0.370 e. The molecule has 1 aliphatic rings. The number of aliphatic imine (C=N–C) groups is 1. The van der Waals surface area contributed by atoms with Gasteiger partial charge in [0.05, 0.1) is 5.01 Å². The Morgan fingerprint density at radius 3 is 2.95 bits per heavy atom. The molecule has 1 heterocycles. The number of thiazole rings is 1. The van der Waals surface area contributed by atoms with Gasteiger partial charge in [0.1, 0.15) is 0 Å². The van der Waals surface area contributed by atoms with Crippen molar-refractivity contribution in [3.8, 4) is 0 Å². The van der Waals surface area contributed by atoms with Crippen LogP contribution in [0.5, 0.6) is 0 Å². The highest BCUT2D eigenvalue weighted by Crippen LogP contribution is 2.17. The lowest BCUT2D eigenvalue weighted by Crippen LogP contribution is -2.41. The van der Waals surface area contributed by atoms with Crippen molar-refractivity contribution < 1.29 is 0 Å². The predicted molar refractivity (Wildman–Crippen MR) is 81.7 cm³/mol. The van der Waals surface area contributed by atoms with Crippen molar-refractivity contribution in [2.24, 2.45) is 10.7 Å². The molecule has 0 amide bonds. The molecular formula is C14H24N4S. The van der Waals surface area contributed by atoms with Crippen molar-refractivity contribution in [2.75, 3.05) is 6.54 Å². The third-order valence-electron chi connectivity index (χ3n) is 3.45. The highest BCUT2D eigenvalue weighted by molar-refractivity contribution is 7.09. The van der Waals surface area contributed by atoms with E-state index in [-0.39, 0.29) is 0 Å². The van der Waals surface area contributed by atoms with Gasteiger partial charge in [-0.1, -0.05) is 19.3 Å². The van der Waals surface area contributed by atoms with E-state index in [9.17, 15) is 0 Å². The summed E-state index contributed by atoms with van der Waals surface area (Å²) in [6, 6.07) is 0.541. The van der Waals surface area contributed by atoms with Gasteiger partial charge in [-0.25, -0.2) is 4.98 Å². The predicted octanol–water partition coefficient (Wildman–Crippen LogP) is 2.62. The first-order valence-corrected chi connectivity index (χ1v) is 8.09. The van der Waals surface area contributed by atoms with Gasteiger partial charge >= 0.3 is 0 Å². The van der Waals surface area contributed by atoms with E-state index in [4.69, 9.17) is 5.73 Å². The van der Waals surface area contributed by atoms with Gasteiger partial charge in [0.15, 0.2) is 5.96 Å². The fourth-order valence-corrected chi connectivity index (χ4v) is 3.27. The minimum atomic E-state index is 0.541. The van der Waals surface area contributed by atoms with E-state index in [0.29, 0.717) is 12.0 Å². The molecule has 1 aromatic heterocycles. The van der Waals surface area contributed by atoms with E-state index < -0.39 is 0 Å². The minimum absolute atomic E-state index is 0.541. The molecule has 0 aromatic carbocycles. The first-order chi connectivity index (χ1) is 9.24.